The maximum atomic E-state index is 5.88. The molecule has 0 radical (unpaired) electrons. The van der Waals surface area contributed by atoms with Crippen LogP contribution in [0.25, 0.3) is 0 Å². The van der Waals surface area contributed by atoms with E-state index in [0.29, 0.717) is 23.5 Å². The number of nitrogens with zero attached hydrogens (tertiary/aromatic N) is 2. The zero-order chi connectivity index (χ0) is 13.4. The SMILES string of the molecule is CCCCC(CC)COCc1nc(C)cc(Cl)n1. The molecule has 102 valence electrons. The lowest BCUT2D eigenvalue weighted by Crippen LogP contribution is -2.10. The molecule has 1 heterocycles. The third-order valence-electron chi connectivity index (χ3n) is 3.00. The minimum absolute atomic E-state index is 0.448. The van der Waals surface area contributed by atoms with Crippen molar-refractivity contribution in [1.29, 1.82) is 0 Å². The van der Waals surface area contributed by atoms with Crippen LogP contribution < -0.4 is 0 Å². The van der Waals surface area contributed by atoms with Crippen LogP contribution in [0.2, 0.25) is 5.15 Å². The van der Waals surface area contributed by atoms with Crippen LogP contribution in [0.5, 0.6) is 0 Å². The second kappa shape index (κ2) is 8.44. The summed E-state index contributed by atoms with van der Waals surface area (Å²) >= 11 is 5.88. The standard InChI is InChI=1S/C14H23ClN2O/c1-4-6-7-12(5-2)9-18-10-14-16-11(3)8-13(15)17-14/h8,12H,4-7,9-10H2,1-3H3. The molecule has 0 fully saturated rings. The lowest BCUT2D eigenvalue weighted by molar-refractivity contribution is 0.0776. The van der Waals surface area contributed by atoms with E-state index < -0.39 is 0 Å². The summed E-state index contributed by atoms with van der Waals surface area (Å²) in [4.78, 5) is 8.45. The Morgan fingerprint density at radius 1 is 1.33 bits per heavy atom. The minimum Gasteiger partial charge on any atom is -0.373 e. The van der Waals surface area contributed by atoms with Crippen LogP contribution in [0.3, 0.4) is 0 Å². The predicted molar refractivity (Wildman–Crippen MR) is 74.7 cm³/mol. The highest BCUT2D eigenvalue weighted by Gasteiger charge is 2.07. The van der Waals surface area contributed by atoms with Crippen LogP contribution in [-0.4, -0.2) is 16.6 Å². The van der Waals surface area contributed by atoms with Crippen molar-refractivity contribution in [2.75, 3.05) is 6.61 Å². The van der Waals surface area contributed by atoms with Crippen molar-refractivity contribution < 1.29 is 4.74 Å². The van der Waals surface area contributed by atoms with Gasteiger partial charge in [0.2, 0.25) is 0 Å². The molecule has 0 aliphatic rings. The summed E-state index contributed by atoms with van der Waals surface area (Å²) in [7, 11) is 0. The van der Waals surface area contributed by atoms with Crippen molar-refractivity contribution >= 4 is 11.6 Å². The zero-order valence-corrected chi connectivity index (χ0v) is 12.3. The molecule has 1 aromatic rings. The highest BCUT2D eigenvalue weighted by atomic mass is 35.5. The number of hydrogen-bond acceptors (Lipinski definition) is 3. The van der Waals surface area contributed by atoms with Crippen LogP contribution in [0.1, 0.15) is 51.0 Å². The quantitative estimate of drug-likeness (QED) is 0.665. The Bertz CT molecular complexity index is 337. The van der Waals surface area contributed by atoms with E-state index in [1.54, 1.807) is 6.07 Å². The van der Waals surface area contributed by atoms with Gasteiger partial charge in [0.25, 0.3) is 0 Å². The molecule has 1 atom stereocenters. The first kappa shape index (κ1) is 15.4. The average Bonchev–Trinajstić information content (AvgIpc) is 2.32. The smallest absolute Gasteiger partial charge is 0.155 e. The molecule has 0 N–H and O–H groups in total. The fourth-order valence-corrected chi connectivity index (χ4v) is 2.12. The fourth-order valence-electron chi connectivity index (χ4n) is 1.87. The van der Waals surface area contributed by atoms with E-state index in [2.05, 4.69) is 23.8 Å². The van der Waals surface area contributed by atoms with Crippen molar-refractivity contribution in [3.63, 3.8) is 0 Å². The van der Waals surface area contributed by atoms with Gasteiger partial charge in [-0.25, -0.2) is 9.97 Å². The van der Waals surface area contributed by atoms with Crippen molar-refractivity contribution in [1.82, 2.24) is 9.97 Å². The fraction of sp³-hybridized carbons (Fsp3) is 0.714. The Kier molecular flexibility index (Phi) is 7.21. The lowest BCUT2D eigenvalue weighted by Gasteiger charge is -2.14. The Balaban J connectivity index is 2.35. The molecular formula is C14H23ClN2O. The van der Waals surface area contributed by atoms with Crippen LogP contribution >= 0.6 is 11.6 Å². The molecule has 1 rings (SSSR count). The predicted octanol–water partition coefficient (Wildman–Crippen LogP) is 4.17. The lowest BCUT2D eigenvalue weighted by atomic mass is 10.0. The van der Waals surface area contributed by atoms with Crippen LogP contribution in [0, 0.1) is 12.8 Å². The molecule has 0 aliphatic carbocycles. The van der Waals surface area contributed by atoms with Gasteiger partial charge in [0, 0.05) is 12.3 Å². The van der Waals surface area contributed by atoms with Gasteiger partial charge in [0.05, 0.1) is 0 Å². The first-order valence-corrected chi connectivity index (χ1v) is 7.11. The van der Waals surface area contributed by atoms with Gasteiger partial charge in [-0.15, -0.1) is 0 Å². The van der Waals surface area contributed by atoms with Crippen molar-refractivity contribution in [3.8, 4) is 0 Å². The number of halogens is 1. The summed E-state index contributed by atoms with van der Waals surface area (Å²) in [6.45, 7) is 7.57. The molecule has 0 aromatic carbocycles. The molecule has 0 amide bonds. The van der Waals surface area contributed by atoms with Gasteiger partial charge in [-0.1, -0.05) is 44.7 Å². The average molecular weight is 271 g/mol. The second-order valence-corrected chi connectivity index (χ2v) is 5.07. The number of aryl methyl sites for hydroxylation is 1. The Labute approximate surface area is 115 Å². The molecule has 0 spiro atoms. The summed E-state index contributed by atoms with van der Waals surface area (Å²) < 4.78 is 5.70. The van der Waals surface area contributed by atoms with E-state index >= 15 is 0 Å². The molecule has 4 heteroatoms. The minimum atomic E-state index is 0.448. The van der Waals surface area contributed by atoms with Crippen LogP contribution in [0.15, 0.2) is 6.07 Å². The maximum Gasteiger partial charge on any atom is 0.155 e. The van der Waals surface area contributed by atoms with Gasteiger partial charge in [-0.3, -0.25) is 0 Å². The highest BCUT2D eigenvalue weighted by molar-refractivity contribution is 6.29. The largest absolute Gasteiger partial charge is 0.373 e. The molecular weight excluding hydrogens is 248 g/mol. The van der Waals surface area contributed by atoms with Gasteiger partial charge in [-0.2, -0.15) is 0 Å². The molecule has 0 bridgehead atoms. The van der Waals surface area contributed by atoms with Crippen molar-refractivity contribution in [2.24, 2.45) is 5.92 Å². The number of rotatable bonds is 8. The summed E-state index contributed by atoms with van der Waals surface area (Å²) in [6.07, 6.45) is 4.92. The molecule has 0 saturated carbocycles. The van der Waals surface area contributed by atoms with E-state index in [9.17, 15) is 0 Å². The molecule has 0 aliphatic heterocycles. The van der Waals surface area contributed by atoms with Crippen LogP contribution in [-0.2, 0) is 11.3 Å². The maximum absolute atomic E-state index is 5.88. The van der Waals surface area contributed by atoms with E-state index in [0.717, 1.165) is 18.7 Å². The summed E-state index contributed by atoms with van der Waals surface area (Å²) in [5.41, 5.74) is 0.881. The van der Waals surface area contributed by atoms with Crippen molar-refractivity contribution in [2.45, 2.75) is 53.1 Å². The van der Waals surface area contributed by atoms with E-state index in [-0.39, 0.29) is 0 Å². The topological polar surface area (TPSA) is 35.0 Å². The number of aromatic nitrogens is 2. The Morgan fingerprint density at radius 2 is 2.11 bits per heavy atom. The highest BCUT2D eigenvalue weighted by Crippen LogP contribution is 2.14. The Hall–Kier alpha value is -0.670. The first-order valence-electron chi connectivity index (χ1n) is 6.73. The second-order valence-electron chi connectivity index (χ2n) is 4.68. The molecule has 3 nitrogen and oxygen atoms in total. The Morgan fingerprint density at radius 3 is 2.72 bits per heavy atom. The van der Waals surface area contributed by atoms with Gasteiger partial charge >= 0.3 is 0 Å². The molecule has 18 heavy (non-hydrogen) atoms. The molecule has 1 aromatic heterocycles. The normalized spacial score (nSPS) is 12.7. The third-order valence-corrected chi connectivity index (χ3v) is 3.19. The van der Waals surface area contributed by atoms with Gasteiger partial charge in [0.1, 0.15) is 11.8 Å². The van der Waals surface area contributed by atoms with E-state index in [4.69, 9.17) is 16.3 Å². The van der Waals surface area contributed by atoms with Gasteiger partial charge < -0.3 is 4.74 Å². The van der Waals surface area contributed by atoms with E-state index in [1.807, 2.05) is 6.92 Å². The third kappa shape index (κ3) is 5.78. The zero-order valence-electron chi connectivity index (χ0n) is 11.6. The monoisotopic (exact) mass is 270 g/mol. The summed E-state index contributed by atoms with van der Waals surface area (Å²) in [5, 5.41) is 0.485. The van der Waals surface area contributed by atoms with Gasteiger partial charge in [0.15, 0.2) is 5.82 Å². The van der Waals surface area contributed by atoms with Crippen molar-refractivity contribution in [3.05, 3.63) is 22.7 Å². The molecule has 1 unspecified atom stereocenters. The first-order chi connectivity index (χ1) is 8.65. The van der Waals surface area contributed by atoms with Gasteiger partial charge in [-0.05, 0) is 25.3 Å². The van der Waals surface area contributed by atoms with E-state index in [1.165, 1.54) is 19.3 Å². The molecule has 0 saturated heterocycles. The number of hydrogen-bond donors (Lipinski definition) is 0. The van der Waals surface area contributed by atoms with Crippen LogP contribution in [0.4, 0.5) is 0 Å². The summed E-state index contributed by atoms with van der Waals surface area (Å²) in [6, 6.07) is 1.75. The summed E-state index contributed by atoms with van der Waals surface area (Å²) in [5.74, 6) is 1.32. The number of unbranched alkanes of at least 4 members (excludes halogenated alkanes) is 1. The number of ether oxygens (including phenoxy) is 1.